The van der Waals surface area contributed by atoms with E-state index in [1.807, 2.05) is 23.6 Å². The fourth-order valence-electron chi connectivity index (χ4n) is 4.70. The highest BCUT2D eigenvalue weighted by atomic mass is 16.5. The molecule has 0 bridgehead atoms. The quantitative estimate of drug-likeness (QED) is 0.593. The highest BCUT2D eigenvalue weighted by molar-refractivity contribution is 6.06. The maximum Gasteiger partial charge on any atom is 0.260 e. The summed E-state index contributed by atoms with van der Waals surface area (Å²) in [5, 5.41) is 2.93. The summed E-state index contributed by atoms with van der Waals surface area (Å²) in [5.74, 6) is 0.471. The maximum absolute atomic E-state index is 13.1. The Morgan fingerprint density at radius 1 is 0.861 bits per heavy atom. The molecule has 0 unspecified atom stereocenters. The van der Waals surface area contributed by atoms with E-state index in [0.29, 0.717) is 34.9 Å². The molecule has 0 spiro atoms. The van der Waals surface area contributed by atoms with Gasteiger partial charge in [-0.1, -0.05) is 6.07 Å². The fourth-order valence-corrected chi connectivity index (χ4v) is 4.70. The zero-order valence-electron chi connectivity index (χ0n) is 21.2. The highest BCUT2D eigenvalue weighted by Crippen LogP contribution is 2.30. The van der Waals surface area contributed by atoms with Crippen LogP contribution in [0.3, 0.4) is 0 Å². The number of carbonyl (C=O) groups is 3. The van der Waals surface area contributed by atoms with Gasteiger partial charge in [0.15, 0.2) is 18.1 Å². The molecular formula is C28H35N3O5. The monoisotopic (exact) mass is 493 g/mol. The van der Waals surface area contributed by atoms with Crippen LogP contribution in [0.1, 0.15) is 65.3 Å². The van der Waals surface area contributed by atoms with Crippen LogP contribution < -0.4 is 14.8 Å². The molecule has 8 nitrogen and oxygen atoms in total. The zero-order valence-corrected chi connectivity index (χ0v) is 21.2. The number of carbonyl (C=O) groups excluding carboxylic acids is 3. The van der Waals surface area contributed by atoms with Gasteiger partial charge in [0.1, 0.15) is 0 Å². The van der Waals surface area contributed by atoms with Crippen molar-refractivity contribution in [3.8, 4) is 11.5 Å². The first-order chi connectivity index (χ1) is 17.5. The van der Waals surface area contributed by atoms with E-state index in [2.05, 4.69) is 5.32 Å². The molecule has 0 aromatic heterocycles. The molecule has 36 heavy (non-hydrogen) atoms. The molecule has 2 heterocycles. The van der Waals surface area contributed by atoms with Crippen molar-refractivity contribution in [2.24, 2.45) is 0 Å². The Morgan fingerprint density at radius 2 is 1.56 bits per heavy atom. The molecule has 192 valence electrons. The summed E-state index contributed by atoms with van der Waals surface area (Å²) >= 11 is 0. The van der Waals surface area contributed by atoms with E-state index in [9.17, 15) is 14.4 Å². The fraction of sp³-hybridized carbons (Fsp3) is 0.464. The van der Waals surface area contributed by atoms with Gasteiger partial charge < -0.3 is 24.6 Å². The molecule has 2 aliphatic heterocycles. The summed E-state index contributed by atoms with van der Waals surface area (Å²) in [5.41, 5.74) is 2.33. The van der Waals surface area contributed by atoms with E-state index >= 15 is 0 Å². The number of nitrogens with one attached hydrogen (secondary N) is 1. The number of amides is 3. The predicted octanol–water partition coefficient (Wildman–Crippen LogP) is 4.27. The van der Waals surface area contributed by atoms with Crippen LogP contribution in [0.15, 0.2) is 36.4 Å². The standard InChI is InChI=1S/C28H35N3O5/c1-3-35-25-18-21(12-13-24(25)36-19-26(32)30-14-5-4-6-15-30)27(33)29-23-11-9-10-22(20(23)2)28(34)31-16-7-8-17-31/h9-13,18H,3-8,14-17,19H2,1-2H3,(H,29,33). The number of ether oxygens (including phenoxy) is 2. The maximum atomic E-state index is 13.1. The number of hydrogen-bond donors (Lipinski definition) is 1. The lowest BCUT2D eigenvalue weighted by Crippen LogP contribution is -2.38. The number of anilines is 1. The number of nitrogens with zero attached hydrogens (tertiary/aromatic N) is 2. The third kappa shape index (κ3) is 5.98. The van der Waals surface area contributed by atoms with Crippen molar-refractivity contribution >= 4 is 23.4 Å². The predicted molar refractivity (Wildman–Crippen MR) is 138 cm³/mol. The van der Waals surface area contributed by atoms with Crippen LogP contribution in [-0.2, 0) is 4.79 Å². The summed E-state index contributed by atoms with van der Waals surface area (Å²) in [7, 11) is 0. The smallest absolute Gasteiger partial charge is 0.260 e. The minimum absolute atomic E-state index is 0.000308. The topological polar surface area (TPSA) is 88.2 Å². The third-order valence-electron chi connectivity index (χ3n) is 6.77. The summed E-state index contributed by atoms with van der Waals surface area (Å²) in [6.07, 6.45) is 5.25. The molecular weight excluding hydrogens is 458 g/mol. The lowest BCUT2D eigenvalue weighted by atomic mass is 10.0. The van der Waals surface area contributed by atoms with Gasteiger partial charge >= 0.3 is 0 Å². The molecule has 0 atom stereocenters. The first-order valence-electron chi connectivity index (χ1n) is 12.9. The van der Waals surface area contributed by atoms with Gasteiger partial charge in [-0.05, 0) is 81.8 Å². The minimum atomic E-state index is -0.319. The first kappa shape index (κ1) is 25.5. The second-order valence-corrected chi connectivity index (χ2v) is 9.26. The average Bonchev–Trinajstić information content (AvgIpc) is 3.44. The Balaban J connectivity index is 1.45. The molecule has 4 rings (SSSR count). The van der Waals surface area contributed by atoms with Crippen LogP contribution in [0.2, 0.25) is 0 Å². The van der Waals surface area contributed by atoms with Crippen molar-refractivity contribution in [2.75, 3.05) is 44.7 Å². The van der Waals surface area contributed by atoms with Gasteiger partial charge in [-0.3, -0.25) is 14.4 Å². The van der Waals surface area contributed by atoms with Crippen LogP contribution in [0.4, 0.5) is 5.69 Å². The Morgan fingerprint density at radius 3 is 2.28 bits per heavy atom. The van der Waals surface area contributed by atoms with Crippen molar-refractivity contribution in [3.05, 3.63) is 53.1 Å². The molecule has 8 heteroatoms. The number of rotatable bonds is 8. The lowest BCUT2D eigenvalue weighted by Gasteiger charge is -2.26. The van der Waals surface area contributed by atoms with E-state index in [4.69, 9.17) is 9.47 Å². The lowest BCUT2D eigenvalue weighted by molar-refractivity contribution is -0.134. The van der Waals surface area contributed by atoms with E-state index in [1.165, 1.54) is 0 Å². The van der Waals surface area contributed by atoms with Gasteiger partial charge in [-0.2, -0.15) is 0 Å². The molecule has 0 saturated carbocycles. The molecule has 2 aliphatic rings. The van der Waals surface area contributed by atoms with Gasteiger partial charge in [-0.15, -0.1) is 0 Å². The van der Waals surface area contributed by atoms with Gasteiger partial charge in [0.25, 0.3) is 17.7 Å². The molecule has 0 aliphatic carbocycles. The van der Waals surface area contributed by atoms with Crippen LogP contribution in [0.5, 0.6) is 11.5 Å². The van der Waals surface area contributed by atoms with Crippen LogP contribution >= 0.6 is 0 Å². The molecule has 3 amide bonds. The Hall–Kier alpha value is -3.55. The minimum Gasteiger partial charge on any atom is -0.490 e. The van der Waals surface area contributed by atoms with Crippen LogP contribution in [-0.4, -0.2) is 66.9 Å². The number of benzene rings is 2. The molecule has 2 fully saturated rings. The Kier molecular flexibility index (Phi) is 8.46. The van der Waals surface area contributed by atoms with Gasteiger partial charge in [0, 0.05) is 43.0 Å². The van der Waals surface area contributed by atoms with Crippen molar-refractivity contribution in [1.29, 1.82) is 0 Å². The summed E-state index contributed by atoms with van der Waals surface area (Å²) in [4.78, 5) is 42.1. The van der Waals surface area contributed by atoms with Gasteiger partial charge in [0.2, 0.25) is 0 Å². The van der Waals surface area contributed by atoms with E-state index in [0.717, 1.165) is 63.8 Å². The highest BCUT2D eigenvalue weighted by Gasteiger charge is 2.23. The SMILES string of the molecule is CCOc1cc(C(=O)Nc2cccc(C(=O)N3CCCC3)c2C)ccc1OCC(=O)N1CCCCC1. The largest absolute Gasteiger partial charge is 0.490 e. The molecule has 2 saturated heterocycles. The molecule has 2 aromatic rings. The van der Waals surface area contributed by atoms with E-state index in [-0.39, 0.29) is 24.3 Å². The molecule has 2 aromatic carbocycles. The Labute approximate surface area is 212 Å². The number of piperidine rings is 1. The van der Waals surface area contributed by atoms with Crippen molar-refractivity contribution in [1.82, 2.24) is 9.80 Å². The average molecular weight is 494 g/mol. The van der Waals surface area contributed by atoms with Crippen molar-refractivity contribution in [3.63, 3.8) is 0 Å². The molecule has 0 radical (unpaired) electrons. The Bertz CT molecular complexity index is 1100. The van der Waals surface area contributed by atoms with Gasteiger partial charge in [-0.25, -0.2) is 0 Å². The summed E-state index contributed by atoms with van der Waals surface area (Å²) < 4.78 is 11.5. The summed E-state index contributed by atoms with van der Waals surface area (Å²) in [6, 6.07) is 10.3. The third-order valence-corrected chi connectivity index (χ3v) is 6.77. The van der Waals surface area contributed by atoms with E-state index < -0.39 is 0 Å². The van der Waals surface area contributed by atoms with Crippen molar-refractivity contribution < 1.29 is 23.9 Å². The zero-order chi connectivity index (χ0) is 25.5. The number of hydrogen-bond acceptors (Lipinski definition) is 5. The van der Waals surface area contributed by atoms with Crippen LogP contribution in [0.25, 0.3) is 0 Å². The van der Waals surface area contributed by atoms with E-state index in [1.54, 1.807) is 36.4 Å². The van der Waals surface area contributed by atoms with Crippen LogP contribution in [0, 0.1) is 6.92 Å². The molecule has 1 N–H and O–H groups in total. The van der Waals surface area contributed by atoms with Crippen molar-refractivity contribution in [2.45, 2.75) is 46.0 Å². The second-order valence-electron chi connectivity index (χ2n) is 9.26. The van der Waals surface area contributed by atoms with Gasteiger partial charge in [0.05, 0.1) is 6.61 Å². The first-order valence-corrected chi connectivity index (χ1v) is 12.9. The number of likely N-dealkylation sites (tertiary alicyclic amines) is 2. The second kappa shape index (κ2) is 11.9. The normalized spacial score (nSPS) is 15.5. The summed E-state index contributed by atoms with van der Waals surface area (Å²) in [6.45, 7) is 7.10.